The van der Waals surface area contributed by atoms with Gasteiger partial charge in [0.1, 0.15) is 16.9 Å². The molecule has 4 N–H and O–H groups in total. The summed E-state index contributed by atoms with van der Waals surface area (Å²) in [5.74, 6) is -1.59. The number of hydrogen-bond acceptors (Lipinski definition) is 2. The normalized spacial score (nSPS) is 12.9. The monoisotopic (exact) mass is 256 g/mol. The minimum absolute atomic E-state index is 0.00218. The highest BCUT2D eigenvalue weighted by atomic mass is 35.5. The molecule has 0 aliphatic heterocycles. The Morgan fingerprint density at radius 3 is 2.94 bits per heavy atom. The van der Waals surface area contributed by atoms with Crippen molar-refractivity contribution in [2.75, 3.05) is 0 Å². The molecule has 0 bridgehead atoms. The summed E-state index contributed by atoms with van der Waals surface area (Å²) >= 11 is 5.78. The Morgan fingerprint density at radius 2 is 2.29 bits per heavy atom. The molecule has 0 saturated carbocycles. The lowest BCUT2D eigenvalue weighted by Gasteiger charge is -2.05. The number of aromatic nitrogens is 1. The largest absolute Gasteiger partial charge is 0.480 e. The number of fused-ring (bicyclic) bond motifs is 1. The average molecular weight is 257 g/mol. The highest BCUT2D eigenvalue weighted by Crippen LogP contribution is 2.28. The van der Waals surface area contributed by atoms with E-state index in [1.54, 1.807) is 12.3 Å². The summed E-state index contributed by atoms with van der Waals surface area (Å²) in [4.78, 5) is 13.5. The van der Waals surface area contributed by atoms with E-state index in [0.29, 0.717) is 16.5 Å². The Balaban J connectivity index is 2.44. The van der Waals surface area contributed by atoms with Crippen molar-refractivity contribution in [3.8, 4) is 0 Å². The zero-order valence-corrected chi connectivity index (χ0v) is 9.46. The number of carboxylic acids is 1. The molecule has 0 aliphatic rings. The summed E-state index contributed by atoms with van der Waals surface area (Å²) in [5.41, 5.74) is 6.61. The van der Waals surface area contributed by atoms with Gasteiger partial charge in [0, 0.05) is 18.0 Å². The fraction of sp³-hybridized carbons (Fsp3) is 0.182. The lowest BCUT2D eigenvalue weighted by molar-refractivity contribution is -0.138. The minimum atomic E-state index is -1.08. The lowest BCUT2D eigenvalue weighted by atomic mass is 10.1. The number of benzene rings is 1. The van der Waals surface area contributed by atoms with Crippen molar-refractivity contribution in [3.63, 3.8) is 0 Å². The van der Waals surface area contributed by atoms with Crippen LogP contribution in [0.4, 0.5) is 4.39 Å². The zero-order valence-electron chi connectivity index (χ0n) is 8.71. The molecule has 1 aromatic carbocycles. The summed E-state index contributed by atoms with van der Waals surface area (Å²) in [5, 5.41) is 9.42. The fourth-order valence-corrected chi connectivity index (χ4v) is 1.91. The molecule has 2 rings (SSSR count). The molecule has 0 radical (unpaired) electrons. The van der Waals surface area contributed by atoms with Crippen LogP contribution in [0.2, 0.25) is 5.02 Å². The number of rotatable bonds is 3. The first-order valence-electron chi connectivity index (χ1n) is 4.93. The van der Waals surface area contributed by atoms with E-state index in [2.05, 4.69) is 4.98 Å². The van der Waals surface area contributed by atoms with Gasteiger partial charge in [0.05, 0.1) is 5.52 Å². The number of halogens is 2. The number of carboxylic acid groups (broad SMARTS) is 1. The average Bonchev–Trinajstić information content (AvgIpc) is 2.67. The molecule has 2 aromatic rings. The van der Waals surface area contributed by atoms with Crippen molar-refractivity contribution in [3.05, 3.63) is 34.7 Å². The number of nitrogens with one attached hydrogen (secondary N) is 1. The van der Waals surface area contributed by atoms with Crippen LogP contribution in [0.5, 0.6) is 0 Å². The van der Waals surface area contributed by atoms with Gasteiger partial charge in [-0.15, -0.1) is 0 Å². The summed E-state index contributed by atoms with van der Waals surface area (Å²) in [6.07, 6.45) is 1.76. The molecule has 1 atom stereocenters. The molecule has 17 heavy (non-hydrogen) atoms. The minimum Gasteiger partial charge on any atom is -0.480 e. The summed E-state index contributed by atoms with van der Waals surface area (Å²) in [6.45, 7) is 0. The molecule has 1 unspecified atom stereocenters. The SMILES string of the molecule is NC(Cc1c[nH]c2c(Cl)c(F)ccc12)C(=O)O. The number of carbonyl (C=O) groups is 1. The Kier molecular flexibility index (Phi) is 3.04. The van der Waals surface area contributed by atoms with Crippen LogP contribution >= 0.6 is 11.6 Å². The van der Waals surface area contributed by atoms with E-state index in [9.17, 15) is 9.18 Å². The van der Waals surface area contributed by atoms with Gasteiger partial charge in [0.15, 0.2) is 0 Å². The Labute approximate surface area is 101 Å². The Bertz CT molecular complexity index is 582. The predicted molar refractivity (Wildman–Crippen MR) is 62.6 cm³/mol. The van der Waals surface area contributed by atoms with Gasteiger partial charge in [-0.2, -0.15) is 0 Å². The third kappa shape index (κ3) is 2.11. The second-order valence-corrected chi connectivity index (χ2v) is 4.12. The zero-order chi connectivity index (χ0) is 12.6. The molecule has 6 heteroatoms. The molecular formula is C11H10ClFN2O2. The quantitative estimate of drug-likeness (QED) is 0.785. The molecule has 0 aliphatic carbocycles. The molecule has 0 saturated heterocycles. The highest BCUT2D eigenvalue weighted by Gasteiger charge is 2.16. The van der Waals surface area contributed by atoms with E-state index >= 15 is 0 Å². The van der Waals surface area contributed by atoms with E-state index in [0.717, 1.165) is 0 Å². The van der Waals surface area contributed by atoms with Crippen LogP contribution in [-0.2, 0) is 11.2 Å². The van der Waals surface area contributed by atoms with Gasteiger partial charge < -0.3 is 15.8 Å². The predicted octanol–water partition coefficient (Wildman–Crippen LogP) is 1.91. The maximum absolute atomic E-state index is 13.2. The first-order valence-corrected chi connectivity index (χ1v) is 5.31. The van der Waals surface area contributed by atoms with Gasteiger partial charge in [-0.3, -0.25) is 4.79 Å². The van der Waals surface area contributed by atoms with E-state index in [4.69, 9.17) is 22.4 Å². The van der Waals surface area contributed by atoms with Gasteiger partial charge in [-0.05, 0) is 17.7 Å². The molecular weight excluding hydrogens is 247 g/mol. The molecule has 90 valence electrons. The highest BCUT2D eigenvalue weighted by molar-refractivity contribution is 6.35. The first kappa shape index (κ1) is 11.9. The van der Waals surface area contributed by atoms with E-state index in [1.807, 2.05) is 0 Å². The second-order valence-electron chi connectivity index (χ2n) is 3.75. The van der Waals surface area contributed by atoms with Crippen LogP contribution in [0.25, 0.3) is 10.9 Å². The van der Waals surface area contributed by atoms with Crippen LogP contribution in [0.15, 0.2) is 18.3 Å². The van der Waals surface area contributed by atoms with Gasteiger partial charge in [-0.1, -0.05) is 11.6 Å². The number of hydrogen-bond donors (Lipinski definition) is 3. The number of nitrogens with two attached hydrogens (primary N) is 1. The van der Waals surface area contributed by atoms with Gasteiger partial charge in [0.2, 0.25) is 0 Å². The second kappa shape index (κ2) is 4.35. The first-order chi connectivity index (χ1) is 8.00. The number of aliphatic carboxylic acids is 1. The smallest absolute Gasteiger partial charge is 0.320 e. The molecule has 0 amide bonds. The Morgan fingerprint density at radius 1 is 1.59 bits per heavy atom. The van der Waals surface area contributed by atoms with Gasteiger partial charge in [0.25, 0.3) is 0 Å². The van der Waals surface area contributed by atoms with Crippen molar-refractivity contribution in [1.29, 1.82) is 0 Å². The van der Waals surface area contributed by atoms with Crippen LogP contribution in [0, 0.1) is 5.82 Å². The maximum atomic E-state index is 13.2. The molecule has 1 heterocycles. The summed E-state index contributed by atoms with van der Waals surface area (Å²) in [7, 11) is 0. The van der Waals surface area contributed by atoms with Crippen molar-refractivity contribution < 1.29 is 14.3 Å². The van der Waals surface area contributed by atoms with E-state index < -0.39 is 17.8 Å². The van der Waals surface area contributed by atoms with Crippen LogP contribution < -0.4 is 5.73 Å². The van der Waals surface area contributed by atoms with Crippen molar-refractivity contribution in [2.24, 2.45) is 5.73 Å². The van der Waals surface area contributed by atoms with Gasteiger partial charge >= 0.3 is 5.97 Å². The summed E-state index contributed by atoms with van der Waals surface area (Å²) < 4.78 is 13.2. The Hall–Kier alpha value is -1.59. The van der Waals surface area contributed by atoms with Gasteiger partial charge in [-0.25, -0.2) is 4.39 Å². The van der Waals surface area contributed by atoms with Crippen LogP contribution in [0.1, 0.15) is 5.56 Å². The van der Waals surface area contributed by atoms with Crippen molar-refractivity contribution in [2.45, 2.75) is 12.5 Å². The molecule has 0 fully saturated rings. The third-order valence-corrected chi connectivity index (χ3v) is 2.96. The maximum Gasteiger partial charge on any atom is 0.320 e. The standard InChI is InChI=1S/C11H10ClFN2O2/c12-9-7(13)2-1-6-5(4-15-10(6)9)3-8(14)11(16)17/h1-2,4,8,15H,3,14H2,(H,16,17). The van der Waals surface area contributed by atoms with Crippen molar-refractivity contribution in [1.82, 2.24) is 4.98 Å². The fourth-order valence-electron chi connectivity index (χ4n) is 1.69. The topological polar surface area (TPSA) is 79.1 Å². The van der Waals surface area contributed by atoms with Crippen LogP contribution in [0.3, 0.4) is 0 Å². The van der Waals surface area contributed by atoms with Crippen LogP contribution in [-0.4, -0.2) is 22.1 Å². The van der Waals surface area contributed by atoms with E-state index in [-0.39, 0.29) is 11.4 Å². The summed E-state index contributed by atoms with van der Waals surface area (Å²) in [6, 6.07) is 1.81. The van der Waals surface area contributed by atoms with E-state index in [1.165, 1.54) is 6.07 Å². The number of H-pyrrole nitrogens is 1. The molecule has 4 nitrogen and oxygen atoms in total. The third-order valence-electron chi connectivity index (χ3n) is 2.59. The molecule has 1 aromatic heterocycles. The van der Waals surface area contributed by atoms with Crippen molar-refractivity contribution >= 4 is 28.5 Å². The lowest BCUT2D eigenvalue weighted by Crippen LogP contribution is -2.32. The number of aromatic amines is 1. The molecule has 0 spiro atoms.